The van der Waals surface area contributed by atoms with Crippen LogP contribution < -0.4 is 5.32 Å². The molecule has 0 fully saturated rings. The molecule has 0 aliphatic rings. The van der Waals surface area contributed by atoms with Gasteiger partial charge in [0.05, 0.1) is 11.0 Å². The van der Waals surface area contributed by atoms with E-state index in [1.54, 1.807) is 12.1 Å². The molecule has 0 aliphatic carbocycles. The Hall–Kier alpha value is -2.69. The van der Waals surface area contributed by atoms with E-state index in [4.69, 9.17) is 0 Å². The van der Waals surface area contributed by atoms with E-state index in [0.717, 1.165) is 22.4 Å². The average Bonchev–Trinajstić information content (AvgIpc) is 2.94. The van der Waals surface area contributed by atoms with Crippen LogP contribution in [0.4, 0.5) is 4.39 Å². The van der Waals surface area contributed by atoms with Crippen LogP contribution in [-0.4, -0.2) is 15.9 Å². The van der Waals surface area contributed by atoms with E-state index in [2.05, 4.69) is 15.3 Å². The molecule has 1 amide bonds. The lowest BCUT2D eigenvalue weighted by atomic mass is 10.2. The summed E-state index contributed by atoms with van der Waals surface area (Å²) in [5, 5.41) is 2.78. The molecular weight excluding hydrogens is 281 g/mol. The van der Waals surface area contributed by atoms with E-state index in [-0.39, 0.29) is 11.7 Å². The second kappa shape index (κ2) is 6.39. The first-order valence-electron chi connectivity index (χ1n) is 7.15. The molecule has 0 spiro atoms. The Morgan fingerprint density at radius 1 is 1.18 bits per heavy atom. The molecular formula is C17H16FN3O. The number of aromatic amines is 1. The third kappa shape index (κ3) is 3.49. The molecule has 5 heteroatoms. The molecule has 1 aromatic heterocycles. The van der Waals surface area contributed by atoms with Gasteiger partial charge in [-0.05, 0) is 29.8 Å². The van der Waals surface area contributed by atoms with Crippen molar-refractivity contribution in [2.45, 2.75) is 19.4 Å². The number of hydrogen-bond acceptors (Lipinski definition) is 2. The number of rotatable bonds is 5. The van der Waals surface area contributed by atoms with Crippen molar-refractivity contribution < 1.29 is 9.18 Å². The number of halogens is 1. The highest BCUT2D eigenvalue weighted by Crippen LogP contribution is 2.11. The Labute approximate surface area is 127 Å². The minimum atomic E-state index is -0.297. The average molecular weight is 297 g/mol. The van der Waals surface area contributed by atoms with E-state index in [0.29, 0.717) is 19.4 Å². The molecule has 22 heavy (non-hydrogen) atoms. The third-order valence-electron chi connectivity index (χ3n) is 3.41. The zero-order valence-electron chi connectivity index (χ0n) is 12.0. The van der Waals surface area contributed by atoms with Gasteiger partial charge in [0, 0.05) is 19.4 Å². The number of fused-ring (bicyclic) bond motifs is 1. The van der Waals surface area contributed by atoms with E-state index in [1.807, 2.05) is 24.3 Å². The van der Waals surface area contributed by atoms with Gasteiger partial charge in [-0.2, -0.15) is 0 Å². The van der Waals surface area contributed by atoms with E-state index in [9.17, 15) is 9.18 Å². The van der Waals surface area contributed by atoms with Gasteiger partial charge in [-0.1, -0.05) is 24.3 Å². The zero-order valence-corrected chi connectivity index (χ0v) is 12.0. The van der Waals surface area contributed by atoms with Crippen LogP contribution in [0.1, 0.15) is 17.8 Å². The number of para-hydroxylation sites is 2. The summed E-state index contributed by atoms with van der Waals surface area (Å²) >= 11 is 0. The number of aryl methyl sites for hydroxylation is 1. The van der Waals surface area contributed by atoms with E-state index >= 15 is 0 Å². The maximum Gasteiger partial charge on any atom is 0.220 e. The first-order valence-corrected chi connectivity index (χ1v) is 7.15. The number of amides is 1. The number of benzene rings is 2. The number of nitrogens with zero attached hydrogens (tertiary/aromatic N) is 1. The highest BCUT2D eigenvalue weighted by molar-refractivity contribution is 5.77. The molecule has 0 saturated heterocycles. The summed E-state index contributed by atoms with van der Waals surface area (Å²) in [7, 11) is 0. The van der Waals surface area contributed by atoms with Crippen LogP contribution in [0, 0.1) is 5.82 Å². The van der Waals surface area contributed by atoms with Crippen LogP contribution in [0.2, 0.25) is 0 Å². The predicted molar refractivity (Wildman–Crippen MR) is 82.7 cm³/mol. The largest absolute Gasteiger partial charge is 0.352 e. The maximum absolute atomic E-state index is 13.0. The normalized spacial score (nSPS) is 10.8. The highest BCUT2D eigenvalue weighted by Gasteiger charge is 2.06. The molecule has 3 aromatic rings. The van der Waals surface area contributed by atoms with Crippen molar-refractivity contribution in [2.24, 2.45) is 0 Å². The second-order valence-corrected chi connectivity index (χ2v) is 5.11. The number of carbonyl (C=O) groups excluding carboxylic acids is 1. The number of imidazole rings is 1. The fourth-order valence-corrected chi connectivity index (χ4v) is 2.29. The second-order valence-electron chi connectivity index (χ2n) is 5.11. The van der Waals surface area contributed by atoms with Crippen LogP contribution in [0.25, 0.3) is 11.0 Å². The summed E-state index contributed by atoms with van der Waals surface area (Å²) in [6.45, 7) is 0.330. The molecule has 2 N–H and O–H groups in total. The highest BCUT2D eigenvalue weighted by atomic mass is 19.1. The predicted octanol–water partition coefficient (Wildman–Crippen LogP) is 2.95. The Morgan fingerprint density at radius 2 is 2.05 bits per heavy atom. The first kappa shape index (κ1) is 14.3. The standard InChI is InChI=1S/C17H16FN3O/c18-13-5-3-4-12(10-13)11-19-17(22)9-8-16-20-14-6-1-2-7-15(14)21-16/h1-7,10H,8-9,11H2,(H,19,22)(H,20,21). The van der Waals surface area contributed by atoms with Gasteiger partial charge in [-0.25, -0.2) is 9.37 Å². The summed E-state index contributed by atoms with van der Waals surface area (Å²) in [6, 6.07) is 14.0. The third-order valence-corrected chi connectivity index (χ3v) is 3.41. The smallest absolute Gasteiger partial charge is 0.220 e. The molecule has 112 valence electrons. The number of aromatic nitrogens is 2. The lowest BCUT2D eigenvalue weighted by molar-refractivity contribution is -0.121. The molecule has 1 heterocycles. The van der Waals surface area contributed by atoms with Crippen molar-refractivity contribution in [1.29, 1.82) is 0 Å². The molecule has 3 rings (SSSR count). The van der Waals surface area contributed by atoms with Crippen LogP contribution >= 0.6 is 0 Å². The summed E-state index contributed by atoms with van der Waals surface area (Å²) in [5.41, 5.74) is 2.62. The van der Waals surface area contributed by atoms with Crippen molar-refractivity contribution in [2.75, 3.05) is 0 Å². The van der Waals surface area contributed by atoms with Crippen molar-refractivity contribution in [1.82, 2.24) is 15.3 Å². The summed E-state index contributed by atoms with van der Waals surface area (Å²) < 4.78 is 13.0. The number of carbonyl (C=O) groups is 1. The van der Waals surface area contributed by atoms with E-state index in [1.165, 1.54) is 12.1 Å². The monoisotopic (exact) mass is 297 g/mol. The van der Waals surface area contributed by atoms with Gasteiger partial charge in [-0.3, -0.25) is 4.79 Å². The van der Waals surface area contributed by atoms with Crippen molar-refractivity contribution in [3.63, 3.8) is 0 Å². The molecule has 0 aliphatic heterocycles. The minimum absolute atomic E-state index is 0.0790. The van der Waals surface area contributed by atoms with Gasteiger partial charge in [-0.15, -0.1) is 0 Å². The summed E-state index contributed by atoms with van der Waals surface area (Å²) in [4.78, 5) is 19.5. The van der Waals surface area contributed by atoms with E-state index < -0.39 is 0 Å². The molecule has 0 unspecified atom stereocenters. The van der Waals surface area contributed by atoms with Gasteiger partial charge < -0.3 is 10.3 Å². The molecule has 0 bridgehead atoms. The Kier molecular flexibility index (Phi) is 4.14. The topological polar surface area (TPSA) is 57.8 Å². The maximum atomic E-state index is 13.0. The SMILES string of the molecule is O=C(CCc1nc2ccccc2[nH]1)NCc1cccc(F)c1. The molecule has 0 saturated carbocycles. The number of nitrogens with one attached hydrogen (secondary N) is 2. The number of H-pyrrole nitrogens is 1. The van der Waals surface area contributed by atoms with Crippen LogP contribution in [0.3, 0.4) is 0 Å². The van der Waals surface area contributed by atoms with Gasteiger partial charge in [0.2, 0.25) is 5.91 Å². The fraction of sp³-hybridized carbons (Fsp3) is 0.176. The summed E-state index contributed by atoms with van der Waals surface area (Å²) in [5.74, 6) is 0.417. The molecule has 2 aromatic carbocycles. The van der Waals surface area contributed by atoms with Gasteiger partial charge in [0.15, 0.2) is 0 Å². The van der Waals surface area contributed by atoms with Crippen molar-refractivity contribution >= 4 is 16.9 Å². The Bertz CT molecular complexity index is 764. The van der Waals surface area contributed by atoms with Gasteiger partial charge >= 0.3 is 0 Å². The van der Waals surface area contributed by atoms with Crippen LogP contribution in [-0.2, 0) is 17.8 Å². The molecule has 0 atom stereocenters. The van der Waals surface area contributed by atoms with Gasteiger partial charge in [0.25, 0.3) is 0 Å². The first-order chi connectivity index (χ1) is 10.7. The Morgan fingerprint density at radius 3 is 2.86 bits per heavy atom. The molecule has 4 nitrogen and oxygen atoms in total. The lowest BCUT2D eigenvalue weighted by Gasteiger charge is -2.04. The van der Waals surface area contributed by atoms with Crippen molar-refractivity contribution in [3.05, 3.63) is 65.7 Å². The zero-order chi connectivity index (χ0) is 15.4. The lowest BCUT2D eigenvalue weighted by Crippen LogP contribution is -2.23. The quantitative estimate of drug-likeness (QED) is 0.760. The van der Waals surface area contributed by atoms with Crippen LogP contribution in [0.15, 0.2) is 48.5 Å². The fourth-order valence-electron chi connectivity index (χ4n) is 2.29. The van der Waals surface area contributed by atoms with Gasteiger partial charge in [0.1, 0.15) is 11.6 Å². The summed E-state index contributed by atoms with van der Waals surface area (Å²) in [6.07, 6.45) is 0.888. The molecule has 0 radical (unpaired) electrons. The Balaban J connectivity index is 1.51. The van der Waals surface area contributed by atoms with Crippen molar-refractivity contribution in [3.8, 4) is 0 Å². The van der Waals surface area contributed by atoms with Crippen LogP contribution in [0.5, 0.6) is 0 Å². The minimum Gasteiger partial charge on any atom is -0.352 e. The number of hydrogen-bond donors (Lipinski definition) is 2.